The van der Waals surface area contributed by atoms with Crippen LogP contribution in [0.15, 0.2) is 194 Å². The van der Waals surface area contributed by atoms with Crippen LogP contribution in [0.5, 0.6) is 0 Å². The van der Waals surface area contributed by atoms with Gasteiger partial charge in [-0.05, 0) is 83.3 Å². The van der Waals surface area contributed by atoms with Gasteiger partial charge in [0.15, 0.2) is 0 Å². The second-order valence-electron chi connectivity index (χ2n) is 15.9. The maximum absolute atomic E-state index is 2.59. The lowest BCUT2D eigenvalue weighted by Gasteiger charge is -2.35. The monoisotopic (exact) mass is 795 g/mol. The Balaban J connectivity index is 0.000000210. The van der Waals surface area contributed by atoms with Crippen LogP contribution in [0.2, 0.25) is 0 Å². The molecule has 0 radical (unpaired) electrons. The van der Waals surface area contributed by atoms with E-state index in [4.69, 9.17) is 0 Å². The molecule has 0 saturated heterocycles. The molecule has 2 heterocycles. The molecule has 2 aliphatic heterocycles. The molecule has 0 aromatic heterocycles. The van der Waals surface area contributed by atoms with Crippen LogP contribution >= 0.6 is 0 Å². The van der Waals surface area contributed by atoms with E-state index in [1.54, 1.807) is 0 Å². The lowest BCUT2D eigenvalue weighted by atomic mass is 9.73. The fourth-order valence-electron chi connectivity index (χ4n) is 8.56. The van der Waals surface area contributed by atoms with Crippen molar-refractivity contribution in [2.24, 2.45) is 0 Å². The Morgan fingerprint density at radius 1 is 0.367 bits per heavy atom. The molecule has 6 aromatic rings. The Morgan fingerprint density at radius 2 is 0.617 bits per heavy atom. The summed E-state index contributed by atoms with van der Waals surface area (Å²) in [6, 6.07) is 65.5. The predicted molar refractivity (Wildman–Crippen MR) is 262 cm³/mol. The van der Waals surface area contributed by atoms with E-state index in [1.807, 2.05) is 27.7 Å². The second kappa shape index (κ2) is 24.1. The van der Waals surface area contributed by atoms with E-state index in [2.05, 4.69) is 218 Å². The summed E-state index contributed by atoms with van der Waals surface area (Å²) >= 11 is 0. The minimum absolute atomic E-state index is 0.0337. The maximum Gasteiger partial charge on any atom is 0.0186 e. The van der Waals surface area contributed by atoms with Crippen molar-refractivity contribution in [2.75, 3.05) is 39.3 Å². The van der Waals surface area contributed by atoms with Crippen LogP contribution < -0.4 is 0 Å². The average Bonchev–Trinajstić information content (AvgIpc) is 3.36. The van der Waals surface area contributed by atoms with Crippen LogP contribution in [0.4, 0.5) is 0 Å². The van der Waals surface area contributed by atoms with E-state index in [1.165, 1.54) is 44.5 Å². The highest BCUT2D eigenvalue weighted by Gasteiger charge is 2.31. The standard InChI is InChI=1S/2C27H29N.2C2H6/c2*1-27(25-13-7-3-8-14-25,26-15-9-4-10-16-26)19-22-28-20-17-24(18-21-28)23-11-5-2-6-12-23;2*1-2/h2*2-17H,18-22H2,1H3;2*1-2H3. The van der Waals surface area contributed by atoms with Crippen molar-refractivity contribution >= 4 is 11.1 Å². The highest BCUT2D eigenvalue weighted by atomic mass is 15.1. The Labute approximate surface area is 364 Å². The average molecular weight is 795 g/mol. The number of rotatable bonds is 12. The third kappa shape index (κ3) is 12.4. The van der Waals surface area contributed by atoms with Gasteiger partial charge < -0.3 is 0 Å². The summed E-state index contributed by atoms with van der Waals surface area (Å²) in [6.45, 7) is 19.4. The lowest BCUT2D eigenvalue weighted by Crippen LogP contribution is -2.34. The zero-order valence-electron chi connectivity index (χ0n) is 37.4. The summed E-state index contributed by atoms with van der Waals surface area (Å²) in [5.41, 5.74) is 11.4. The van der Waals surface area contributed by atoms with Crippen molar-refractivity contribution in [3.63, 3.8) is 0 Å². The van der Waals surface area contributed by atoms with Gasteiger partial charge in [-0.25, -0.2) is 0 Å². The minimum Gasteiger partial charge on any atom is -0.299 e. The molecule has 0 aliphatic carbocycles. The molecule has 0 atom stereocenters. The largest absolute Gasteiger partial charge is 0.299 e. The second-order valence-corrected chi connectivity index (χ2v) is 15.9. The molecule has 0 fully saturated rings. The van der Waals surface area contributed by atoms with Crippen molar-refractivity contribution in [3.05, 3.63) is 228 Å². The Kier molecular flexibility index (Phi) is 18.4. The Bertz CT molecular complexity index is 1870. The minimum atomic E-state index is 0.0337. The molecule has 2 nitrogen and oxygen atoms in total. The quantitative estimate of drug-likeness (QED) is 0.122. The summed E-state index contributed by atoms with van der Waals surface area (Å²) in [6.07, 6.45) is 9.35. The highest BCUT2D eigenvalue weighted by molar-refractivity contribution is 5.67. The van der Waals surface area contributed by atoms with Crippen molar-refractivity contribution in [2.45, 2.75) is 78.1 Å². The van der Waals surface area contributed by atoms with Gasteiger partial charge in [-0.2, -0.15) is 0 Å². The van der Waals surface area contributed by atoms with Gasteiger partial charge in [0, 0.05) is 37.0 Å². The first kappa shape index (κ1) is 45.8. The summed E-state index contributed by atoms with van der Waals surface area (Å²) in [5, 5.41) is 0. The molecular formula is C58H70N2. The molecule has 8 rings (SSSR count). The van der Waals surface area contributed by atoms with E-state index < -0.39 is 0 Å². The first-order valence-corrected chi connectivity index (χ1v) is 22.7. The molecule has 0 amide bonds. The highest BCUT2D eigenvalue weighted by Crippen LogP contribution is 2.37. The molecule has 0 unspecified atom stereocenters. The summed E-state index contributed by atoms with van der Waals surface area (Å²) in [4.78, 5) is 5.19. The normalized spacial score (nSPS) is 14.4. The van der Waals surface area contributed by atoms with E-state index in [0.29, 0.717) is 0 Å². The zero-order chi connectivity index (χ0) is 42.5. The molecule has 0 saturated carbocycles. The summed E-state index contributed by atoms with van der Waals surface area (Å²) < 4.78 is 0. The van der Waals surface area contributed by atoms with Crippen LogP contribution in [-0.4, -0.2) is 49.1 Å². The van der Waals surface area contributed by atoms with Crippen molar-refractivity contribution in [1.29, 1.82) is 0 Å². The van der Waals surface area contributed by atoms with Gasteiger partial charge in [-0.15, -0.1) is 0 Å². The fraction of sp³-hybridized carbons (Fsp3) is 0.310. The van der Waals surface area contributed by atoms with Crippen LogP contribution in [0, 0.1) is 0 Å². The fourth-order valence-corrected chi connectivity index (χ4v) is 8.56. The molecule has 0 spiro atoms. The van der Waals surface area contributed by atoms with Gasteiger partial charge in [-0.3, -0.25) is 9.80 Å². The molecule has 312 valence electrons. The van der Waals surface area contributed by atoms with Gasteiger partial charge in [-0.1, -0.05) is 236 Å². The van der Waals surface area contributed by atoms with Crippen LogP contribution in [-0.2, 0) is 10.8 Å². The van der Waals surface area contributed by atoms with E-state index >= 15 is 0 Å². The van der Waals surface area contributed by atoms with Crippen molar-refractivity contribution < 1.29 is 0 Å². The van der Waals surface area contributed by atoms with Crippen LogP contribution in [0.1, 0.15) is 101 Å². The number of hydrogen-bond acceptors (Lipinski definition) is 2. The van der Waals surface area contributed by atoms with Crippen LogP contribution in [0.25, 0.3) is 11.1 Å². The Morgan fingerprint density at radius 3 is 0.850 bits per heavy atom. The smallest absolute Gasteiger partial charge is 0.0186 e. The number of hydrogen-bond donors (Lipinski definition) is 0. The zero-order valence-corrected chi connectivity index (χ0v) is 37.4. The van der Waals surface area contributed by atoms with E-state index in [0.717, 1.165) is 65.0 Å². The molecule has 60 heavy (non-hydrogen) atoms. The molecule has 6 aromatic carbocycles. The molecule has 0 N–H and O–H groups in total. The molecule has 0 bridgehead atoms. The first-order valence-electron chi connectivity index (χ1n) is 22.7. The summed E-state index contributed by atoms with van der Waals surface area (Å²) in [5.74, 6) is 0. The van der Waals surface area contributed by atoms with Gasteiger partial charge >= 0.3 is 0 Å². The summed E-state index contributed by atoms with van der Waals surface area (Å²) in [7, 11) is 0. The topological polar surface area (TPSA) is 6.48 Å². The third-order valence-corrected chi connectivity index (χ3v) is 12.4. The molecular weight excluding hydrogens is 725 g/mol. The van der Waals surface area contributed by atoms with Gasteiger partial charge in [0.05, 0.1) is 0 Å². The van der Waals surface area contributed by atoms with E-state index in [9.17, 15) is 0 Å². The van der Waals surface area contributed by atoms with Crippen molar-refractivity contribution in [3.8, 4) is 0 Å². The van der Waals surface area contributed by atoms with E-state index in [-0.39, 0.29) is 10.8 Å². The van der Waals surface area contributed by atoms with Gasteiger partial charge in [0.1, 0.15) is 0 Å². The number of benzene rings is 6. The lowest BCUT2D eigenvalue weighted by molar-refractivity contribution is 0.275. The third-order valence-electron chi connectivity index (χ3n) is 12.4. The van der Waals surface area contributed by atoms with Crippen LogP contribution in [0.3, 0.4) is 0 Å². The SMILES string of the molecule is CC.CC.CC(CCN1CC=C(c2ccccc2)CC1)(c1ccccc1)c1ccccc1.CC(CCN1CC=C(c2ccccc2)CC1)(c1ccccc1)c1ccccc1. The predicted octanol–water partition coefficient (Wildman–Crippen LogP) is 14.4. The number of nitrogens with zero attached hydrogens (tertiary/aromatic N) is 2. The van der Waals surface area contributed by atoms with Gasteiger partial charge in [0.2, 0.25) is 0 Å². The first-order chi connectivity index (χ1) is 29.5. The Hall–Kier alpha value is -5.28. The molecule has 2 aliphatic rings. The maximum atomic E-state index is 2.59. The van der Waals surface area contributed by atoms with Crippen molar-refractivity contribution in [1.82, 2.24) is 9.80 Å². The van der Waals surface area contributed by atoms with Gasteiger partial charge in [0.25, 0.3) is 0 Å². The molecule has 2 heteroatoms.